The van der Waals surface area contributed by atoms with Gasteiger partial charge in [0.05, 0.1) is 14.2 Å². The van der Waals surface area contributed by atoms with E-state index in [4.69, 9.17) is 25.4 Å². The highest BCUT2D eigenvalue weighted by atomic mass is 16.5. The van der Waals surface area contributed by atoms with Crippen molar-refractivity contribution in [2.45, 2.75) is 0 Å². The average Bonchev–Trinajstić information content (AvgIpc) is 2.62. The minimum Gasteiger partial charge on any atom is -0.497 e. The first-order valence-corrected chi connectivity index (χ1v) is 6.80. The zero-order valence-electron chi connectivity index (χ0n) is 13.1. The van der Waals surface area contributed by atoms with Crippen molar-refractivity contribution in [2.75, 3.05) is 14.2 Å². The smallest absolute Gasteiger partial charge is 0.389 e. The van der Waals surface area contributed by atoms with Crippen LogP contribution >= 0.6 is 0 Å². The van der Waals surface area contributed by atoms with E-state index in [-0.39, 0.29) is 17.1 Å². The maximum Gasteiger partial charge on any atom is 0.389 e. The number of hydrogen-bond donors (Lipinski definition) is 0. The van der Waals surface area contributed by atoms with Gasteiger partial charge in [-0.2, -0.15) is 0 Å². The topological polar surface area (TPSA) is 71.1 Å². The third kappa shape index (κ3) is 4.05. The Morgan fingerprint density at radius 1 is 0.875 bits per heavy atom. The van der Waals surface area contributed by atoms with Crippen molar-refractivity contribution in [3.63, 3.8) is 0 Å². The lowest BCUT2D eigenvalue weighted by atomic mass is 10.2. The van der Waals surface area contributed by atoms with E-state index in [1.165, 1.54) is 38.5 Å². The van der Waals surface area contributed by atoms with Gasteiger partial charge >= 0.3 is 11.9 Å². The van der Waals surface area contributed by atoms with E-state index >= 15 is 0 Å². The number of rotatable bonds is 5. The van der Waals surface area contributed by atoms with Crippen LogP contribution in [-0.2, 0) is 4.79 Å². The van der Waals surface area contributed by atoms with Crippen molar-refractivity contribution >= 4 is 11.9 Å². The molecule has 6 nitrogen and oxygen atoms in total. The number of carbonyl (C=O) groups excluding carboxylic acids is 2. The Balaban J connectivity index is 2.12. The fourth-order valence-corrected chi connectivity index (χ4v) is 1.84. The predicted octanol–water partition coefficient (Wildman–Crippen LogP) is 2.46. The summed E-state index contributed by atoms with van der Waals surface area (Å²) in [5.74, 6) is 1.85. The number of ether oxygens (including phenoxy) is 4. The van der Waals surface area contributed by atoms with Gasteiger partial charge in [-0.3, -0.25) is 0 Å². The van der Waals surface area contributed by atoms with Crippen molar-refractivity contribution in [3.05, 3.63) is 48.0 Å². The summed E-state index contributed by atoms with van der Waals surface area (Å²) in [6, 6.07) is 10.6. The molecule has 0 heterocycles. The fourth-order valence-electron chi connectivity index (χ4n) is 1.84. The standard InChI is InChI=1S/C18H14O6/c1-4-17(19)23-12-5-7-13(8-6-12)24-18(20)15-10-9-14(21-2)11-16(15)22-3/h1,5-11H,2-3H3. The van der Waals surface area contributed by atoms with Crippen molar-refractivity contribution in [1.82, 2.24) is 0 Å². The van der Waals surface area contributed by atoms with Crippen LogP contribution in [0.25, 0.3) is 0 Å². The molecule has 2 aromatic carbocycles. The first-order chi connectivity index (χ1) is 11.6. The van der Waals surface area contributed by atoms with Gasteiger partial charge in [-0.15, -0.1) is 6.42 Å². The molecule has 0 N–H and O–H groups in total. The molecule has 2 aromatic rings. The van der Waals surface area contributed by atoms with Crippen LogP contribution in [0.5, 0.6) is 23.0 Å². The lowest BCUT2D eigenvalue weighted by Gasteiger charge is -2.10. The zero-order valence-corrected chi connectivity index (χ0v) is 13.1. The lowest BCUT2D eigenvalue weighted by Crippen LogP contribution is -2.10. The molecule has 0 bridgehead atoms. The lowest BCUT2D eigenvalue weighted by molar-refractivity contribution is -0.128. The van der Waals surface area contributed by atoms with E-state index < -0.39 is 11.9 Å². The van der Waals surface area contributed by atoms with Crippen molar-refractivity contribution in [2.24, 2.45) is 0 Å². The quantitative estimate of drug-likeness (QED) is 0.364. The van der Waals surface area contributed by atoms with Crippen molar-refractivity contribution < 1.29 is 28.5 Å². The molecule has 122 valence electrons. The van der Waals surface area contributed by atoms with Crippen LogP contribution in [0.1, 0.15) is 10.4 Å². The van der Waals surface area contributed by atoms with Crippen LogP contribution in [0.3, 0.4) is 0 Å². The molecular weight excluding hydrogens is 312 g/mol. The number of methoxy groups -OCH3 is 2. The molecule has 0 saturated heterocycles. The minimum absolute atomic E-state index is 0.250. The molecule has 0 amide bonds. The summed E-state index contributed by atoms with van der Waals surface area (Å²) in [5, 5.41) is 0. The van der Waals surface area contributed by atoms with Gasteiger partial charge in [-0.25, -0.2) is 9.59 Å². The molecule has 24 heavy (non-hydrogen) atoms. The SMILES string of the molecule is C#CC(=O)Oc1ccc(OC(=O)c2ccc(OC)cc2OC)cc1. The third-order valence-corrected chi connectivity index (χ3v) is 2.99. The van der Waals surface area contributed by atoms with Crippen LogP contribution in [0, 0.1) is 12.3 Å². The summed E-state index contributed by atoms with van der Waals surface area (Å²) >= 11 is 0. The van der Waals surface area contributed by atoms with Crippen molar-refractivity contribution in [3.8, 4) is 35.3 Å². The van der Waals surface area contributed by atoms with E-state index in [9.17, 15) is 9.59 Å². The number of benzene rings is 2. The van der Waals surface area contributed by atoms with E-state index in [0.29, 0.717) is 11.5 Å². The second-order valence-electron chi connectivity index (χ2n) is 4.46. The molecule has 0 radical (unpaired) electrons. The van der Waals surface area contributed by atoms with Crippen molar-refractivity contribution in [1.29, 1.82) is 0 Å². The van der Waals surface area contributed by atoms with Gasteiger partial charge in [0.25, 0.3) is 0 Å². The molecule has 0 aliphatic rings. The summed E-state index contributed by atoms with van der Waals surface area (Å²) in [7, 11) is 2.96. The average molecular weight is 326 g/mol. The highest BCUT2D eigenvalue weighted by Gasteiger charge is 2.15. The maximum atomic E-state index is 12.2. The normalized spacial score (nSPS) is 9.54. The Morgan fingerprint density at radius 3 is 2.00 bits per heavy atom. The van der Waals surface area contributed by atoms with Gasteiger partial charge in [0, 0.05) is 12.0 Å². The van der Waals surface area contributed by atoms with Gasteiger partial charge in [0.2, 0.25) is 0 Å². The Bertz CT molecular complexity index is 786. The van der Waals surface area contributed by atoms with Crippen LogP contribution in [0.4, 0.5) is 0 Å². The van der Waals surface area contributed by atoms with E-state index in [1.807, 2.05) is 5.92 Å². The van der Waals surface area contributed by atoms with Gasteiger partial charge < -0.3 is 18.9 Å². The largest absolute Gasteiger partial charge is 0.497 e. The molecule has 0 spiro atoms. The van der Waals surface area contributed by atoms with Gasteiger partial charge in [-0.05, 0) is 36.4 Å². The molecule has 0 aliphatic carbocycles. The summed E-state index contributed by atoms with van der Waals surface area (Å²) in [6.45, 7) is 0. The van der Waals surface area contributed by atoms with Crippen LogP contribution in [0.15, 0.2) is 42.5 Å². The molecule has 6 heteroatoms. The number of hydrogen-bond acceptors (Lipinski definition) is 6. The van der Waals surface area contributed by atoms with Crippen LogP contribution < -0.4 is 18.9 Å². The molecule has 0 aliphatic heterocycles. The molecule has 0 atom stereocenters. The number of terminal acetylenes is 1. The Labute approximate surface area is 138 Å². The summed E-state index contributed by atoms with van der Waals surface area (Å²) < 4.78 is 20.3. The summed E-state index contributed by atoms with van der Waals surface area (Å²) in [6.07, 6.45) is 4.91. The highest BCUT2D eigenvalue weighted by molar-refractivity contribution is 5.94. The minimum atomic E-state index is -0.803. The Hall–Kier alpha value is -3.46. The van der Waals surface area contributed by atoms with Crippen LogP contribution in [-0.4, -0.2) is 26.2 Å². The van der Waals surface area contributed by atoms with Crippen LogP contribution in [0.2, 0.25) is 0 Å². The Morgan fingerprint density at radius 2 is 1.46 bits per heavy atom. The Kier molecular flexibility index (Phi) is 5.42. The zero-order chi connectivity index (χ0) is 17.5. The summed E-state index contributed by atoms with van der Waals surface area (Å²) in [5.41, 5.74) is 0.251. The molecule has 0 unspecified atom stereocenters. The first kappa shape index (κ1) is 16.9. The second-order valence-corrected chi connectivity index (χ2v) is 4.46. The van der Waals surface area contributed by atoms with E-state index in [2.05, 4.69) is 0 Å². The van der Waals surface area contributed by atoms with Gasteiger partial charge in [0.1, 0.15) is 28.6 Å². The number of carbonyl (C=O) groups is 2. The molecule has 2 rings (SSSR count). The number of esters is 2. The first-order valence-electron chi connectivity index (χ1n) is 6.80. The van der Waals surface area contributed by atoms with Gasteiger partial charge in [-0.1, -0.05) is 0 Å². The molecular formula is C18H14O6. The predicted molar refractivity (Wildman–Crippen MR) is 85.4 cm³/mol. The summed E-state index contributed by atoms with van der Waals surface area (Å²) in [4.78, 5) is 23.2. The maximum absolute atomic E-state index is 12.2. The van der Waals surface area contributed by atoms with E-state index in [1.54, 1.807) is 18.2 Å². The fraction of sp³-hybridized carbons (Fsp3) is 0.111. The monoisotopic (exact) mass is 326 g/mol. The molecule has 0 aromatic heterocycles. The highest BCUT2D eigenvalue weighted by Crippen LogP contribution is 2.26. The third-order valence-electron chi connectivity index (χ3n) is 2.99. The molecule has 0 fully saturated rings. The second kappa shape index (κ2) is 7.70. The molecule has 0 saturated carbocycles. The van der Waals surface area contributed by atoms with Gasteiger partial charge in [0.15, 0.2) is 0 Å². The van der Waals surface area contributed by atoms with E-state index in [0.717, 1.165) is 0 Å².